The lowest BCUT2D eigenvalue weighted by Gasteiger charge is -2.25. The zero-order valence-corrected chi connectivity index (χ0v) is 9.91. The van der Waals surface area contributed by atoms with Gasteiger partial charge in [0.05, 0.1) is 12.2 Å². The van der Waals surface area contributed by atoms with Gasteiger partial charge in [-0.25, -0.2) is 4.98 Å². The molecule has 2 heterocycles. The lowest BCUT2D eigenvalue weighted by atomic mass is 9.93. The Labute approximate surface area is 104 Å². The SMILES string of the molecule is O=c1ccnc(/C=C/c2cnn(C3CCC3)c2)[nH]1. The maximum atomic E-state index is 11.1. The summed E-state index contributed by atoms with van der Waals surface area (Å²) in [7, 11) is 0. The number of aromatic amines is 1. The van der Waals surface area contributed by atoms with Crippen LogP contribution in [0.3, 0.4) is 0 Å². The molecule has 5 heteroatoms. The van der Waals surface area contributed by atoms with Gasteiger partial charge in [0.25, 0.3) is 5.56 Å². The van der Waals surface area contributed by atoms with Crippen molar-refractivity contribution in [2.45, 2.75) is 25.3 Å². The molecule has 1 aliphatic rings. The zero-order chi connectivity index (χ0) is 12.4. The van der Waals surface area contributed by atoms with E-state index in [1.165, 1.54) is 31.5 Å². The Morgan fingerprint density at radius 3 is 3.00 bits per heavy atom. The molecule has 1 N–H and O–H groups in total. The molecule has 0 aromatic carbocycles. The first-order valence-corrected chi connectivity index (χ1v) is 6.09. The van der Waals surface area contributed by atoms with Crippen LogP contribution in [0.25, 0.3) is 12.2 Å². The molecular weight excluding hydrogens is 228 g/mol. The van der Waals surface area contributed by atoms with Crippen LogP contribution in [0, 0.1) is 0 Å². The Morgan fingerprint density at radius 1 is 1.39 bits per heavy atom. The van der Waals surface area contributed by atoms with Crippen molar-refractivity contribution in [2.75, 3.05) is 0 Å². The van der Waals surface area contributed by atoms with Crippen molar-refractivity contribution in [1.82, 2.24) is 19.7 Å². The van der Waals surface area contributed by atoms with Crippen molar-refractivity contribution in [1.29, 1.82) is 0 Å². The van der Waals surface area contributed by atoms with Crippen molar-refractivity contribution >= 4 is 12.2 Å². The van der Waals surface area contributed by atoms with E-state index in [2.05, 4.69) is 15.1 Å². The fraction of sp³-hybridized carbons (Fsp3) is 0.308. The summed E-state index contributed by atoms with van der Waals surface area (Å²) in [6, 6.07) is 1.97. The van der Waals surface area contributed by atoms with E-state index in [0.717, 1.165) is 5.56 Å². The van der Waals surface area contributed by atoms with Gasteiger partial charge in [0.2, 0.25) is 0 Å². The van der Waals surface area contributed by atoms with Gasteiger partial charge in [-0.2, -0.15) is 5.10 Å². The Morgan fingerprint density at radius 2 is 2.28 bits per heavy atom. The van der Waals surface area contributed by atoms with Gasteiger partial charge in [0.15, 0.2) is 0 Å². The van der Waals surface area contributed by atoms with Crippen LogP contribution in [0.5, 0.6) is 0 Å². The number of hydrogen-bond donors (Lipinski definition) is 1. The molecule has 0 unspecified atom stereocenters. The van der Waals surface area contributed by atoms with Gasteiger partial charge in [-0.3, -0.25) is 9.48 Å². The van der Waals surface area contributed by atoms with Crippen LogP contribution in [-0.2, 0) is 0 Å². The number of nitrogens with one attached hydrogen (secondary N) is 1. The molecule has 92 valence electrons. The van der Waals surface area contributed by atoms with Gasteiger partial charge in [0, 0.05) is 24.0 Å². The largest absolute Gasteiger partial charge is 0.307 e. The van der Waals surface area contributed by atoms with Crippen LogP contribution in [-0.4, -0.2) is 19.7 Å². The number of aromatic nitrogens is 4. The molecule has 0 amide bonds. The van der Waals surface area contributed by atoms with Crippen molar-refractivity contribution in [3.63, 3.8) is 0 Å². The van der Waals surface area contributed by atoms with Crippen LogP contribution in [0.1, 0.15) is 36.7 Å². The molecule has 0 bridgehead atoms. The monoisotopic (exact) mass is 242 g/mol. The van der Waals surface area contributed by atoms with E-state index in [1.807, 2.05) is 23.2 Å². The van der Waals surface area contributed by atoms with Gasteiger partial charge in [-0.05, 0) is 31.4 Å². The molecule has 18 heavy (non-hydrogen) atoms. The highest BCUT2D eigenvalue weighted by Gasteiger charge is 2.19. The molecule has 1 aliphatic carbocycles. The summed E-state index contributed by atoms with van der Waals surface area (Å²) in [6.07, 6.45) is 12.8. The lowest BCUT2D eigenvalue weighted by Crippen LogP contribution is -2.16. The Kier molecular flexibility index (Phi) is 2.80. The normalized spacial score (nSPS) is 16.0. The minimum absolute atomic E-state index is 0.144. The second-order valence-corrected chi connectivity index (χ2v) is 4.49. The maximum absolute atomic E-state index is 11.1. The second-order valence-electron chi connectivity index (χ2n) is 4.49. The van der Waals surface area contributed by atoms with Crippen LogP contribution in [0.4, 0.5) is 0 Å². The van der Waals surface area contributed by atoms with Crippen molar-refractivity contribution in [3.05, 3.63) is 46.4 Å². The van der Waals surface area contributed by atoms with E-state index in [-0.39, 0.29) is 5.56 Å². The number of H-pyrrole nitrogens is 1. The summed E-state index contributed by atoms with van der Waals surface area (Å²) in [5.74, 6) is 0.555. The minimum atomic E-state index is -0.144. The number of hydrogen-bond acceptors (Lipinski definition) is 3. The molecule has 1 fully saturated rings. The van der Waals surface area contributed by atoms with E-state index < -0.39 is 0 Å². The van der Waals surface area contributed by atoms with Crippen molar-refractivity contribution in [3.8, 4) is 0 Å². The lowest BCUT2D eigenvalue weighted by molar-refractivity contribution is 0.289. The summed E-state index contributed by atoms with van der Waals surface area (Å²) in [4.78, 5) is 17.8. The van der Waals surface area contributed by atoms with E-state index >= 15 is 0 Å². The average Bonchev–Trinajstić information content (AvgIpc) is 2.73. The van der Waals surface area contributed by atoms with Gasteiger partial charge >= 0.3 is 0 Å². The highest BCUT2D eigenvalue weighted by atomic mass is 16.1. The van der Waals surface area contributed by atoms with E-state index in [0.29, 0.717) is 11.9 Å². The van der Waals surface area contributed by atoms with Gasteiger partial charge in [-0.1, -0.05) is 0 Å². The molecule has 0 radical (unpaired) electrons. The van der Waals surface area contributed by atoms with Gasteiger partial charge in [0.1, 0.15) is 5.82 Å². The molecule has 0 aliphatic heterocycles. The number of nitrogens with zero attached hydrogens (tertiary/aromatic N) is 3. The van der Waals surface area contributed by atoms with Crippen molar-refractivity contribution in [2.24, 2.45) is 0 Å². The zero-order valence-electron chi connectivity index (χ0n) is 9.91. The third kappa shape index (κ3) is 2.25. The fourth-order valence-electron chi connectivity index (χ4n) is 1.94. The second kappa shape index (κ2) is 4.60. The first-order valence-electron chi connectivity index (χ1n) is 6.09. The van der Waals surface area contributed by atoms with Crippen LogP contribution in [0.2, 0.25) is 0 Å². The molecule has 0 atom stereocenters. The topological polar surface area (TPSA) is 63.6 Å². The van der Waals surface area contributed by atoms with Gasteiger partial charge in [-0.15, -0.1) is 0 Å². The van der Waals surface area contributed by atoms with E-state index in [4.69, 9.17) is 0 Å². The van der Waals surface area contributed by atoms with Crippen molar-refractivity contribution < 1.29 is 0 Å². The Hall–Kier alpha value is -2.17. The standard InChI is InChI=1S/C13H14N4O/c18-13-6-7-14-12(16-13)5-4-10-8-15-17(9-10)11-2-1-3-11/h4-9,11H,1-3H2,(H,14,16,18)/b5-4+. The first-order chi connectivity index (χ1) is 8.81. The summed E-state index contributed by atoms with van der Waals surface area (Å²) < 4.78 is 2.02. The predicted octanol–water partition coefficient (Wildman–Crippen LogP) is 1.86. The summed E-state index contributed by atoms with van der Waals surface area (Å²) in [6.45, 7) is 0. The third-order valence-electron chi connectivity index (χ3n) is 3.19. The van der Waals surface area contributed by atoms with E-state index in [1.54, 1.807) is 6.08 Å². The molecular formula is C13H14N4O. The molecule has 1 saturated carbocycles. The summed E-state index contributed by atoms with van der Waals surface area (Å²) in [5.41, 5.74) is 0.878. The highest BCUT2D eigenvalue weighted by Crippen LogP contribution is 2.30. The quantitative estimate of drug-likeness (QED) is 0.893. The molecule has 0 saturated heterocycles. The molecule has 2 aromatic heterocycles. The molecule has 0 spiro atoms. The Bertz CT molecular complexity index is 622. The first kappa shape index (κ1) is 11.0. The fourth-order valence-corrected chi connectivity index (χ4v) is 1.94. The van der Waals surface area contributed by atoms with Crippen LogP contribution < -0.4 is 5.56 Å². The third-order valence-corrected chi connectivity index (χ3v) is 3.19. The molecule has 2 aromatic rings. The van der Waals surface area contributed by atoms with Crippen LogP contribution in [0.15, 0.2) is 29.5 Å². The minimum Gasteiger partial charge on any atom is -0.307 e. The highest BCUT2D eigenvalue weighted by molar-refractivity contribution is 5.65. The van der Waals surface area contributed by atoms with Gasteiger partial charge < -0.3 is 4.98 Å². The summed E-state index contributed by atoms with van der Waals surface area (Å²) in [5, 5.41) is 4.34. The smallest absolute Gasteiger partial charge is 0.251 e. The van der Waals surface area contributed by atoms with E-state index in [9.17, 15) is 4.79 Å². The Balaban J connectivity index is 1.75. The average molecular weight is 242 g/mol. The molecule has 5 nitrogen and oxygen atoms in total. The molecule has 3 rings (SSSR count). The predicted molar refractivity (Wildman–Crippen MR) is 68.9 cm³/mol. The maximum Gasteiger partial charge on any atom is 0.251 e. The summed E-state index contributed by atoms with van der Waals surface area (Å²) >= 11 is 0. The number of rotatable bonds is 3. The van der Waals surface area contributed by atoms with Crippen LogP contribution >= 0.6 is 0 Å².